The van der Waals surface area contributed by atoms with E-state index in [1.54, 1.807) is 74.5 Å². The second-order valence-corrected chi connectivity index (χ2v) is 19.5. The maximum atomic E-state index is 14.7. The average Bonchev–Trinajstić information content (AvgIpc) is 3.61. The molecule has 0 radical (unpaired) electrons. The van der Waals surface area contributed by atoms with Crippen molar-refractivity contribution >= 4 is 77.1 Å². The first-order chi connectivity index (χ1) is 35.6. The highest BCUT2D eigenvalue weighted by Gasteiger charge is 2.64. The molecule has 0 aliphatic carbocycles. The summed E-state index contributed by atoms with van der Waals surface area (Å²) in [6.45, 7) is 7.54. The summed E-state index contributed by atoms with van der Waals surface area (Å²) >= 11 is 1.22. The minimum atomic E-state index is -1.53. The first-order valence-corrected chi connectivity index (χ1v) is 24.3. The Morgan fingerprint density at radius 1 is 0.627 bits per heavy atom. The molecule has 2 heterocycles. The van der Waals surface area contributed by atoms with Gasteiger partial charge in [-0.3, -0.25) is 47.9 Å². The van der Waals surface area contributed by atoms with Crippen LogP contribution in [0.5, 0.6) is 23.0 Å². The van der Waals surface area contributed by atoms with Crippen LogP contribution in [0.4, 0.5) is 0 Å². The number of carbonyl (C=O) groups is 11. The van der Waals surface area contributed by atoms with Crippen LogP contribution in [-0.4, -0.2) is 116 Å². The summed E-state index contributed by atoms with van der Waals surface area (Å²) in [5.41, 5.74) is 0.352. The van der Waals surface area contributed by atoms with E-state index in [9.17, 15) is 57.8 Å². The molecule has 0 spiro atoms. The maximum Gasteiger partial charge on any atom is 0.327 e. The van der Waals surface area contributed by atoms with Crippen LogP contribution in [0.2, 0.25) is 0 Å². The van der Waals surface area contributed by atoms with Gasteiger partial charge in [-0.15, -0.1) is 11.8 Å². The Bertz CT molecular complexity index is 2900. The molecule has 2 saturated heterocycles. The average molecular weight is 1050 g/mol. The van der Waals surface area contributed by atoms with Crippen molar-refractivity contribution in [1.82, 2.24) is 31.5 Å². The Balaban J connectivity index is 1.28. The summed E-state index contributed by atoms with van der Waals surface area (Å²) in [6.07, 6.45) is -0.445. The molecule has 394 valence electrons. The van der Waals surface area contributed by atoms with E-state index < -0.39 is 111 Å². The third kappa shape index (κ3) is 13.9. The van der Waals surface area contributed by atoms with Crippen LogP contribution in [0.1, 0.15) is 92.3 Å². The minimum Gasteiger partial charge on any atom is -0.480 e. The lowest BCUT2D eigenvalue weighted by Gasteiger charge is -2.44. The molecule has 2 fully saturated rings. The molecule has 2 aliphatic rings. The molecular formula is C52H54N6O16S. The van der Waals surface area contributed by atoms with Crippen LogP contribution in [0.25, 0.3) is 0 Å². The zero-order valence-corrected chi connectivity index (χ0v) is 42.3. The van der Waals surface area contributed by atoms with Crippen LogP contribution < -0.4 is 45.5 Å². The normalized spacial score (nSPS) is 17.2. The van der Waals surface area contributed by atoms with E-state index in [0.717, 1.165) is 27.7 Å². The predicted octanol–water partition coefficient (Wildman–Crippen LogP) is 2.91. The molecule has 0 saturated carbocycles. The lowest BCUT2D eigenvalue weighted by atomic mass is 9.95. The lowest BCUT2D eigenvalue weighted by Crippen LogP contribution is -2.71. The molecule has 75 heavy (non-hydrogen) atoms. The van der Waals surface area contributed by atoms with E-state index in [1.165, 1.54) is 53.1 Å². The fourth-order valence-electron chi connectivity index (χ4n) is 8.37. The van der Waals surface area contributed by atoms with Crippen molar-refractivity contribution in [2.75, 3.05) is 6.54 Å². The number of hydrogen-bond donors (Lipinski definition) is 6. The Morgan fingerprint density at radius 3 is 1.68 bits per heavy atom. The van der Waals surface area contributed by atoms with Gasteiger partial charge in [0.25, 0.3) is 11.8 Å². The summed E-state index contributed by atoms with van der Waals surface area (Å²) in [5.74, 6) is -10.7. The standard InChI is InChI=1S/C52H54N6O16S/c1-27(59)71-37-23-13-20-33(41(37)73-29(3)61)44(63)53-25-15-22-35(54-45(64)34-21-14-24-38(72-28(2)60)42(34)74-30(4)62)46(65)55-36(26-31-16-9-7-10-17-31)47(66)56-39(32-18-11-8-12-19-32)48(67)57-40-49(68)58-43(51(69)70)52(5,6)75-50(40)58/h7-14,16-21,23-24,35-36,39-40,43,50H,15,22,25-26H2,1-6H3,(H,53,63)(H,54,64)(H,55,65)(H,56,66)(H,57,67)(H,69,70)/t35-,36-,39+,40+,43-,50+/m0/s1. The van der Waals surface area contributed by atoms with Crippen molar-refractivity contribution in [2.24, 2.45) is 0 Å². The molecule has 4 aromatic rings. The van der Waals surface area contributed by atoms with E-state index in [2.05, 4.69) is 26.6 Å². The molecule has 0 bridgehead atoms. The topological polar surface area (TPSA) is 308 Å². The second kappa shape index (κ2) is 24.4. The zero-order chi connectivity index (χ0) is 54.7. The Hall–Kier alpha value is -8.60. The number of carbonyl (C=O) groups excluding carboxylic acids is 10. The Kier molecular flexibility index (Phi) is 18.1. The predicted molar refractivity (Wildman–Crippen MR) is 266 cm³/mol. The number of thioether (sulfide) groups is 1. The fraction of sp³-hybridized carbons (Fsp3) is 0.327. The minimum absolute atomic E-state index is 0.0479. The summed E-state index contributed by atoms with van der Waals surface area (Å²) in [6, 6.07) is 17.7. The number of fused-ring (bicyclic) bond motifs is 1. The number of aliphatic carboxylic acids is 1. The van der Waals surface area contributed by atoms with Gasteiger partial charge in [0.1, 0.15) is 35.6 Å². The molecule has 6 atom stereocenters. The van der Waals surface area contributed by atoms with Crippen molar-refractivity contribution < 1.29 is 76.8 Å². The first kappa shape index (κ1) is 55.7. The summed E-state index contributed by atoms with van der Waals surface area (Å²) in [4.78, 5) is 146. The molecule has 23 heteroatoms. The fourth-order valence-corrected chi connectivity index (χ4v) is 9.99. The monoisotopic (exact) mass is 1050 g/mol. The Morgan fingerprint density at radius 2 is 1.15 bits per heavy atom. The molecule has 22 nitrogen and oxygen atoms in total. The highest BCUT2D eigenvalue weighted by molar-refractivity contribution is 8.01. The number of carboxylic acid groups (broad SMARTS) is 1. The number of carboxylic acids is 1. The van der Waals surface area contributed by atoms with Gasteiger partial charge in [-0.1, -0.05) is 72.8 Å². The quantitative estimate of drug-likeness (QED) is 0.0302. The number of ether oxygens (including phenoxy) is 4. The number of amides is 6. The molecule has 4 aromatic carbocycles. The lowest BCUT2D eigenvalue weighted by molar-refractivity contribution is -0.161. The van der Waals surface area contributed by atoms with Crippen molar-refractivity contribution in [1.29, 1.82) is 0 Å². The molecule has 6 rings (SSSR count). The molecule has 0 aromatic heterocycles. The molecule has 2 aliphatic heterocycles. The van der Waals surface area contributed by atoms with Gasteiger partial charge in [0.2, 0.25) is 23.6 Å². The van der Waals surface area contributed by atoms with Crippen molar-refractivity contribution in [3.8, 4) is 23.0 Å². The second-order valence-electron chi connectivity index (χ2n) is 17.8. The van der Waals surface area contributed by atoms with Crippen LogP contribution >= 0.6 is 11.8 Å². The van der Waals surface area contributed by atoms with Gasteiger partial charge in [-0.2, -0.15) is 0 Å². The van der Waals surface area contributed by atoms with Crippen molar-refractivity contribution in [3.63, 3.8) is 0 Å². The number of benzene rings is 4. The molecule has 6 N–H and O–H groups in total. The maximum absolute atomic E-state index is 14.7. The SMILES string of the molecule is CC(=O)Oc1cccc(C(=O)NCCC[C@H](NC(=O)c2cccc(OC(C)=O)c2OC(C)=O)C(=O)N[C@@H](Cc2ccccc2)C(=O)N[C@@H](C(=O)N[C@@H]2C(=O)N3[C@@H]2SC(C)(C)[C@@H]3C(=O)O)c2ccccc2)c1OC(C)=O. The number of hydrogen-bond acceptors (Lipinski definition) is 16. The zero-order valence-electron chi connectivity index (χ0n) is 41.5. The number of nitrogens with zero attached hydrogens (tertiary/aromatic N) is 1. The van der Waals surface area contributed by atoms with Gasteiger partial charge in [0.15, 0.2) is 23.0 Å². The van der Waals surface area contributed by atoms with Gasteiger partial charge in [-0.05, 0) is 62.1 Å². The van der Waals surface area contributed by atoms with Gasteiger partial charge >= 0.3 is 29.8 Å². The van der Waals surface area contributed by atoms with Crippen LogP contribution in [0.15, 0.2) is 97.1 Å². The van der Waals surface area contributed by atoms with Crippen LogP contribution in [0.3, 0.4) is 0 Å². The van der Waals surface area contributed by atoms with Crippen molar-refractivity contribution in [3.05, 3.63) is 119 Å². The van der Waals surface area contributed by atoms with E-state index in [1.807, 2.05) is 0 Å². The number of para-hydroxylation sites is 2. The van der Waals surface area contributed by atoms with Gasteiger partial charge < -0.3 is 55.5 Å². The van der Waals surface area contributed by atoms with E-state index in [-0.39, 0.29) is 54.2 Å². The van der Waals surface area contributed by atoms with Crippen LogP contribution in [0, 0.1) is 0 Å². The summed E-state index contributed by atoms with van der Waals surface area (Å²) in [5, 5.41) is 22.6. The summed E-state index contributed by atoms with van der Waals surface area (Å²) < 4.78 is 20.0. The Labute approximate surface area is 433 Å². The van der Waals surface area contributed by atoms with Crippen molar-refractivity contribution in [2.45, 2.75) is 101 Å². The third-order valence-corrected chi connectivity index (χ3v) is 13.2. The van der Waals surface area contributed by atoms with E-state index >= 15 is 0 Å². The summed E-state index contributed by atoms with van der Waals surface area (Å²) in [7, 11) is 0. The number of esters is 4. The molecule has 6 amide bonds. The van der Waals surface area contributed by atoms with E-state index in [0.29, 0.717) is 11.1 Å². The highest BCUT2D eigenvalue weighted by Crippen LogP contribution is 2.51. The van der Waals surface area contributed by atoms with Crippen LogP contribution in [-0.2, 0) is 49.6 Å². The number of β-lactam (4-membered cyclic amide) rings is 1. The van der Waals surface area contributed by atoms with Gasteiger partial charge in [0.05, 0.1) is 11.1 Å². The smallest absolute Gasteiger partial charge is 0.327 e. The van der Waals surface area contributed by atoms with E-state index in [4.69, 9.17) is 18.9 Å². The third-order valence-electron chi connectivity index (χ3n) is 11.6. The molecular weight excluding hydrogens is 997 g/mol. The van der Waals surface area contributed by atoms with Gasteiger partial charge in [0, 0.05) is 45.4 Å². The number of nitrogens with one attached hydrogen (secondary N) is 5. The highest BCUT2D eigenvalue weighted by atomic mass is 32.2. The van der Waals surface area contributed by atoms with Gasteiger partial charge in [-0.25, -0.2) is 4.79 Å². The molecule has 0 unspecified atom stereocenters. The first-order valence-electron chi connectivity index (χ1n) is 23.4. The number of rotatable bonds is 21. The largest absolute Gasteiger partial charge is 0.480 e.